The molecule has 34 heavy (non-hydrogen) atoms. The predicted molar refractivity (Wildman–Crippen MR) is 121 cm³/mol. The van der Waals surface area contributed by atoms with Crippen LogP contribution in [0.1, 0.15) is 29.5 Å². The largest absolute Gasteiger partial charge is 0.503 e. The third-order valence-corrected chi connectivity index (χ3v) is 6.56. The van der Waals surface area contributed by atoms with Gasteiger partial charge in [0.05, 0.1) is 12.5 Å². The lowest BCUT2D eigenvalue weighted by atomic mass is 9.97. The fourth-order valence-electron chi connectivity index (χ4n) is 3.02. The number of alkyl halides is 3. The van der Waals surface area contributed by atoms with Gasteiger partial charge in [-0.2, -0.15) is 13.2 Å². The average molecular weight is 518 g/mol. The fourth-order valence-corrected chi connectivity index (χ4v) is 4.89. The van der Waals surface area contributed by atoms with Crippen molar-refractivity contribution < 1.29 is 37.4 Å². The number of ether oxygens (including phenoxy) is 1. The van der Waals surface area contributed by atoms with E-state index in [0.29, 0.717) is 16.0 Å². The lowest BCUT2D eigenvalue weighted by Gasteiger charge is -2.34. The van der Waals surface area contributed by atoms with Crippen molar-refractivity contribution in [3.63, 3.8) is 0 Å². The molecular weight excluding hydrogens is 495 g/mol. The average Bonchev–Trinajstić information content (AvgIpc) is 3.49. The van der Waals surface area contributed by atoms with Crippen molar-refractivity contribution in [2.45, 2.75) is 38.1 Å². The Hall–Kier alpha value is -3.19. The van der Waals surface area contributed by atoms with Crippen LogP contribution in [0.3, 0.4) is 0 Å². The van der Waals surface area contributed by atoms with Crippen molar-refractivity contribution >= 4 is 46.0 Å². The molecule has 2 rings (SSSR count). The summed E-state index contributed by atoms with van der Waals surface area (Å²) >= 11 is 2.47. The van der Waals surface area contributed by atoms with E-state index in [1.54, 1.807) is 35.0 Å². The highest BCUT2D eigenvalue weighted by Crippen LogP contribution is 2.37. The summed E-state index contributed by atoms with van der Waals surface area (Å²) in [5.41, 5.74) is 3.91. The summed E-state index contributed by atoms with van der Waals surface area (Å²) in [5, 5.41) is 20.7. The molecule has 184 valence electrons. The van der Waals surface area contributed by atoms with Gasteiger partial charge in [0, 0.05) is 22.0 Å². The normalized spacial score (nSPS) is 13.1. The van der Waals surface area contributed by atoms with E-state index in [-0.39, 0.29) is 0 Å². The first-order valence-electron chi connectivity index (χ1n) is 9.78. The number of hydrogen-bond acceptors (Lipinski definition) is 9. The molecule has 0 spiro atoms. The van der Waals surface area contributed by atoms with Gasteiger partial charge in [-0.3, -0.25) is 15.0 Å². The molecule has 1 unspecified atom stereocenters. The van der Waals surface area contributed by atoms with Gasteiger partial charge < -0.3 is 20.5 Å². The first-order chi connectivity index (χ1) is 15.9. The third-order valence-electron chi connectivity index (χ3n) is 4.65. The van der Waals surface area contributed by atoms with Crippen molar-refractivity contribution in [1.82, 2.24) is 4.90 Å². The van der Waals surface area contributed by atoms with Crippen molar-refractivity contribution in [2.75, 3.05) is 6.54 Å². The number of carbonyl (C=O) groups is 3. The zero-order chi connectivity index (χ0) is 25.6. The van der Waals surface area contributed by atoms with Crippen LogP contribution in [-0.4, -0.2) is 58.2 Å². The van der Waals surface area contributed by atoms with Gasteiger partial charge in [0.2, 0.25) is 0 Å². The summed E-state index contributed by atoms with van der Waals surface area (Å²) in [5.74, 6) is -6.83. The van der Waals surface area contributed by atoms with Crippen LogP contribution in [0.2, 0.25) is 0 Å². The number of amides is 1. The molecule has 0 aromatic carbocycles. The van der Waals surface area contributed by atoms with Crippen LogP contribution < -0.4 is 5.73 Å². The van der Waals surface area contributed by atoms with Crippen LogP contribution in [0.25, 0.3) is 0 Å². The molecule has 2 heterocycles. The molecule has 2 aromatic rings. The minimum Gasteiger partial charge on any atom is -0.503 e. The van der Waals surface area contributed by atoms with Crippen LogP contribution in [0.5, 0.6) is 0 Å². The maximum atomic E-state index is 13.1. The van der Waals surface area contributed by atoms with Crippen molar-refractivity contribution in [3.8, 4) is 0 Å². The van der Waals surface area contributed by atoms with Crippen LogP contribution in [0.15, 0.2) is 47.0 Å². The molecule has 0 fully saturated rings. The minimum atomic E-state index is -5.28. The molecule has 0 saturated carbocycles. The highest BCUT2D eigenvalue weighted by Gasteiger charge is 2.45. The number of halogens is 3. The van der Waals surface area contributed by atoms with E-state index in [4.69, 9.17) is 15.9 Å². The van der Waals surface area contributed by atoms with Gasteiger partial charge in [-0.05, 0) is 36.7 Å². The number of rotatable bonds is 10. The van der Waals surface area contributed by atoms with Gasteiger partial charge in [0.15, 0.2) is 11.5 Å². The van der Waals surface area contributed by atoms with E-state index in [1.165, 1.54) is 36.5 Å². The second-order valence-corrected chi connectivity index (χ2v) is 9.22. The van der Waals surface area contributed by atoms with E-state index in [2.05, 4.69) is 0 Å². The molecule has 1 amide bonds. The number of ketones is 1. The van der Waals surface area contributed by atoms with E-state index in [9.17, 15) is 32.7 Å². The first-order valence-corrected chi connectivity index (χ1v) is 11.5. The van der Waals surface area contributed by atoms with Gasteiger partial charge in [-0.15, -0.1) is 22.7 Å². The summed E-state index contributed by atoms with van der Waals surface area (Å²) in [6.45, 7) is 2.48. The Morgan fingerprint density at radius 1 is 1.18 bits per heavy atom. The predicted octanol–water partition coefficient (Wildman–Crippen LogP) is 3.60. The number of esters is 1. The Morgan fingerprint density at radius 3 is 2.09 bits per heavy atom. The molecule has 0 aliphatic heterocycles. The monoisotopic (exact) mass is 517 g/mol. The standard InChI is InChI=1S/C21H22F3N3O5S2/c1-11(2)27(19(30)17(26)18(29)12(28)9-25)10-13(32-20(31)21(22,23)24)16(14-5-3-7-33-14)15-6-4-8-34-15/h3-9,11,13,16,26,28H,10,25H2,1-2H3/b12-9+,26-17?. The number of aliphatic hydroxyl groups excluding tert-OH is 1. The van der Waals surface area contributed by atoms with Crippen LogP contribution in [0, 0.1) is 5.41 Å². The number of nitrogens with zero attached hydrogens (tertiary/aromatic N) is 1. The number of thiophene rings is 2. The molecule has 8 nitrogen and oxygen atoms in total. The maximum absolute atomic E-state index is 13.1. The summed E-state index contributed by atoms with van der Waals surface area (Å²) in [4.78, 5) is 38.9. The molecule has 1 atom stereocenters. The second-order valence-electron chi connectivity index (χ2n) is 7.26. The van der Waals surface area contributed by atoms with Gasteiger partial charge in [0.25, 0.3) is 11.7 Å². The Balaban J connectivity index is 2.50. The summed E-state index contributed by atoms with van der Waals surface area (Å²) in [7, 11) is 0. The Kier molecular flexibility index (Phi) is 8.99. The van der Waals surface area contributed by atoms with Gasteiger partial charge >= 0.3 is 12.1 Å². The fraction of sp³-hybridized carbons (Fsp3) is 0.333. The molecule has 2 aromatic heterocycles. The van der Waals surface area contributed by atoms with E-state index in [1.807, 2.05) is 0 Å². The lowest BCUT2D eigenvalue weighted by Crippen LogP contribution is -2.49. The maximum Gasteiger partial charge on any atom is 0.490 e. The first kappa shape index (κ1) is 27.1. The van der Waals surface area contributed by atoms with Crippen molar-refractivity contribution in [1.29, 1.82) is 5.41 Å². The number of aliphatic hydroxyl groups is 1. The zero-order valence-electron chi connectivity index (χ0n) is 18.0. The molecule has 0 aliphatic rings. The van der Waals surface area contributed by atoms with Crippen LogP contribution in [-0.2, 0) is 19.1 Å². The highest BCUT2D eigenvalue weighted by atomic mass is 32.1. The second kappa shape index (κ2) is 11.3. The molecule has 0 aliphatic carbocycles. The van der Waals surface area contributed by atoms with Crippen molar-refractivity contribution in [2.24, 2.45) is 5.73 Å². The van der Waals surface area contributed by atoms with Crippen LogP contribution >= 0.6 is 22.7 Å². The number of hydrogen-bond donors (Lipinski definition) is 3. The lowest BCUT2D eigenvalue weighted by molar-refractivity contribution is -0.206. The number of nitrogens with two attached hydrogens (primary N) is 1. The summed E-state index contributed by atoms with van der Waals surface area (Å²) in [6.07, 6.45) is -6.26. The van der Waals surface area contributed by atoms with Gasteiger partial charge in [-0.25, -0.2) is 4.79 Å². The molecule has 0 bridgehead atoms. The Morgan fingerprint density at radius 2 is 1.71 bits per heavy atom. The number of carbonyl (C=O) groups excluding carboxylic acids is 3. The number of nitrogens with one attached hydrogen (secondary N) is 1. The summed E-state index contributed by atoms with van der Waals surface area (Å²) < 4.78 is 44.2. The highest BCUT2D eigenvalue weighted by molar-refractivity contribution is 7.11. The van der Waals surface area contributed by atoms with E-state index in [0.717, 1.165) is 4.90 Å². The van der Waals surface area contributed by atoms with Gasteiger partial charge in [-0.1, -0.05) is 12.1 Å². The molecular formula is C21H22F3N3O5S2. The molecule has 0 radical (unpaired) electrons. The van der Waals surface area contributed by atoms with E-state index >= 15 is 0 Å². The minimum absolute atomic E-state index is 0.515. The molecule has 0 saturated heterocycles. The Bertz CT molecular complexity index is 1020. The SMILES string of the molecule is CC(C)N(CC(OC(=O)C(F)(F)F)C(c1cccs1)c1cccs1)C(=O)C(=N)C(=O)/C(O)=C\N. The molecule has 4 N–H and O–H groups in total. The summed E-state index contributed by atoms with van der Waals surface area (Å²) in [6, 6.07) is 6.00. The number of allylic oxidation sites excluding steroid dienone is 1. The molecule has 13 heteroatoms. The topological polar surface area (TPSA) is 134 Å². The smallest absolute Gasteiger partial charge is 0.490 e. The van der Waals surface area contributed by atoms with Crippen molar-refractivity contribution in [3.05, 3.63) is 56.7 Å². The number of Topliss-reactive ketones (excluding diaryl/α,β-unsaturated/α-hetero) is 1. The Labute approximate surface area is 200 Å². The van der Waals surface area contributed by atoms with Gasteiger partial charge in [0.1, 0.15) is 6.10 Å². The van der Waals surface area contributed by atoms with Crippen LogP contribution in [0.4, 0.5) is 13.2 Å². The van der Waals surface area contributed by atoms with E-state index < -0.39 is 59.9 Å². The third kappa shape index (κ3) is 6.44. The zero-order valence-corrected chi connectivity index (χ0v) is 19.7. The quantitative estimate of drug-likeness (QED) is 0.145.